The molecule has 2 atom stereocenters. The molecule has 0 saturated heterocycles. The highest BCUT2D eigenvalue weighted by Crippen LogP contribution is 2.05. The summed E-state index contributed by atoms with van der Waals surface area (Å²) in [6.45, 7) is 8.71. The Balaban J connectivity index is 3.53. The summed E-state index contributed by atoms with van der Waals surface area (Å²) in [7, 11) is 0. The topological polar surface area (TPSA) is 49.3 Å². The molecule has 2 unspecified atom stereocenters. The van der Waals surface area contributed by atoms with Gasteiger partial charge in [0.2, 0.25) is 5.91 Å². The number of carbonyl (C=O) groups excluding carboxylic acids is 1. The van der Waals surface area contributed by atoms with Crippen molar-refractivity contribution in [1.29, 1.82) is 0 Å². The van der Waals surface area contributed by atoms with Crippen LogP contribution in [0.1, 0.15) is 47.0 Å². The highest BCUT2D eigenvalue weighted by Gasteiger charge is 2.08. The summed E-state index contributed by atoms with van der Waals surface area (Å²) in [5.74, 6) is 1.04. The van der Waals surface area contributed by atoms with E-state index >= 15 is 0 Å². The lowest BCUT2D eigenvalue weighted by Crippen LogP contribution is -2.29. The average molecular weight is 215 g/mol. The van der Waals surface area contributed by atoms with E-state index in [1.807, 2.05) is 6.92 Å². The van der Waals surface area contributed by atoms with E-state index in [0.29, 0.717) is 24.8 Å². The molecule has 0 aliphatic rings. The summed E-state index contributed by atoms with van der Waals surface area (Å²) in [5.41, 5.74) is 0. The van der Waals surface area contributed by atoms with E-state index in [2.05, 4.69) is 19.2 Å². The molecule has 0 bridgehead atoms. The number of carbonyl (C=O) groups is 1. The molecule has 0 radical (unpaired) electrons. The third kappa shape index (κ3) is 9.73. The van der Waals surface area contributed by atoms with Gasteiger partial charge >= 0.3 is 0 Å². The monoisotopic (exact) mass is 215 g/mol. The van der Waals surface area contributed by atoms with Crippen LogP contribution in [-0.2, 0) is 4.79 Å². The number of nitrogens with one attached hydrogen (secondary N) is 1. The number of hydrogen-bond donors (Lipinski definition) is 2. The predicted molar refractivity (Wildman–Crippen MR) is 62.5 cm³/mol. The van der Waals surface area contributed by atoms with Gasteiger partial charge in [-0.2, -0.15) is 0 Å². The molecule has 15 heavy (non-hydrogen) atoms. The summed E-state index contributed by atoms with van der Waals surface area (Å²) in [4.78, 5) is 11.4. The maximum atomic E-state index is 11.4. The number of aliphatic hydroxyl groups excluding tert-OH is 1. The zero-order chi connectivity index (χ0) is 11.8. The fourth-order valence-corrected chi connectivity index (χ4v) is 1.46. The molecular formula is C12H25NO2. The summed E-state index contributed by atoms with van der Waals surface area (Å²) >= 11 is 0. The Morgan fingerprint density at radius 3 is 2.33 bits per heavy atom. The van der Waals surface area contributed by atoms with Crippen LogP contribution in [0.2, 0.25) is 0 Å². The molecule has 0 fully saturated rings. The van der Waals surface area contributed by atoms with Crippen LogP contribution in [-0.4, -0.2) is 23.7 Å². The lowest BCUT2D eigenvalue weighted by molar-refractivity contribution is -0.121. The first-order valence-corrected chi connectivity index (χ1v) is 5.86. The van der Waals surface area contributed by atoms with Gasteiger partial charge in [0.25, 0.3) is 0 Å². The van der Waals surface area contributed by atoms with Crippen LogP contribution in [0.15, 0.2) is 0 Å². The molecular weight excluding hydrogens is 190 g/mol. The van der Waals surface area contributed by atoms with Crippen molar-refractivity contribution in [3.05, 3.63) is 0 Å². The zero-order valence-electron chi connectivity index (χ0n) is 10.4. The van der Waals surface area contributed by atoms with Crippen LogP contribution in [0.25, 0.3) is 0 Å². The van der Waals surface area contributed by atoms with Crippen LogP contribution in [0.5, 0.6) is 0 Å². The molecule has 3 heteroatoms. The van der Waals surface area contributed by atoms with Gasteiger partial charge in [0.15, 0.2) is 0 Å². The van der Waals surface area contributed by atoms with Gasteiger partial charge in [-0.1, -0.05) is 20.8 Å². The number of aliphatic hydroxyl groups is 1. The Bertz CT molecular complexity index is 178. The van der Waals surface area contributed by atoms with Crippen LogP contribution in [0.4, 0.5) is 0 Å². The highest BCUT2D eigenvalue weighted by molar-refractivity contribution is 5.75. The predicted octanol–water partition coefficient (Wildman–Crippen LogP) is 1.95. The van der Waals surface area contributed by atoms with Crippen molar-refractivity contribution in [2.45, 2.75) is 53.1 Å². The van der Waals surface area contributed by atoms with Crippen molar-refractivity contribution in [2.75, 3.05) is 6.54 Å². The summed E-state index contributed by atoms with van der Waals surface area (Å²) in [6.07, 6.45) is 2.01. The Hall–Kier alpha value is -0.570. The van der Waals surface area contributed by atoms with Crippen molar-refractivity contribution >= 4 is 5.91 Å². The molecule has 0 saturated carbocycles. The number of hydrogen-bond acceptors (Lipinski definition) is 2. The van der Waals surface area contributed by atoms with E-state index in [4.69, 9.17) is 5.11 Å². The quantitative estimate of drug-likeness (QED) is 0.682. The Kier molecular flexibility index (Phi) is 7.39. The summed E-state index contributed by atoms with van der Waals surface area (Å²) in [6, 6.07) is 0. The lowest BCUT2D eigenvalue weighted by atomic mass is 10.0. The molecule has 2 N–H and O–H groups in total. The first kappa shape index (κ1) is 14.4. The molecule has 0 aromatic heterocycles. The first-order chi connectivity index (χ1) is 6.91. The van der Waals surface area contributed by atoms with E-state index in [1.165, 1.54) is 0 Å². The largest absolute Gasteiger partial charge is 0.393 e. The third-order valence-electron chi connectivity index (χ3n) is 2.34. The summed E-state index contributed by atoms with van der Waals surface area (Å²) < 4.78 is 0. The molecule has 0 rings (SSSR count). The first-order valence-electron chi connectivity index (χ1n) is 5.86. The molecule has 0 spiro atoms. The molecule has 90 valence electrons. The van der Waals surface area contributed by atoms with Crippen molar-refractivity contribution < 1.29 is 9.90 Å². The Morgan fingerprint density at radius 2 is 1.87 bits per heavy atom. The molecule has 3 nitrogen and oxygen atoms in total. The standard InChI is InChI=1S/C12H25NO2/c1-9(2)5-6-12(15)13-8-10(3)7-11(4)14/h9-11,14H,5-8H2,1-4H3,(H,13,15). The smallest absolute Gasteiger partial charge is 0.220 e. The average Bonchev–Trinajstić information content (AvgIpc) is 2.10. The van der Waals surface area contributed by atoms with E-state index in [1.54, 1.807) is 6.92 Å². The fourth-order valence-electron chi connectivity index (χ4n) is 1.46. The van der Waals surface area contributed by atoms with Gasteiger partial charge in [-0.3, -0.25) is 4.79 Å². The van der Waals surface area contributed by atoms with Gasteiger partial charge in [0.05, 0.1) is 6.10 Å². The molecule has 0 aliphatic carbocycles. The maximum Gasteiger partial charge on any atom is 0.220 e. The number of rotatable bonds is 7. The van der Waals surface area contributed by atoms with Crippen LogP contribution >= 0.6 is 0 Å². The highest BCUT2D eigenvalue weighted by atomic mass is 16.3. The van der Waals surface area contributed by atoms with E-state index in [-0.39, 0.29) is 12.0 Å². The molecule has 0 aromatic rings. The van der Waals surface area contributed by atoms with Gasteiger partial charge in [0, 0.05) is 13.0 Å². The van der Waals surface area contributed by atoms with Crippen molar-refractivity contribution in [3.63, 3.8) is 0 Å². The second-order valence-electron chi connectivity index (χ2n) is 4.93. The molecule has 0 aliphatic heterocycles. The third-order valence-corrected chi connectivity index (χ3v) is 2.34. The SMILES string of the molecule is CC(C)CCC(=O)NCC(C)CC(C)O. The van der Waals surface area contributed by atoms with Crippen molar-refractivity contribution in [2.24, 2.45) is 11.8 Å². The van der Waals surface area contributed by atoms with Gasteiger partial charge in [-0.25, -0.2) is 0 Å². The van der Waals surface area contributed by atoms with E-state index < -0.39 is 0 Å². The van der Waals surface area contributed by atoms with Gasteiger partial charge < -0.3 is 10.4 Å². The van der Waals surface area contributed by atoms with Gasteiger partial charge in [-0.15, -0.1) is 0 Å². The van der Waals surface area contributed by atoms with Crippen LogP contribution in [0, 0.1) is 11.8 Å². The van der Waals surface area contributed by atoms with Crippen molar-refractivity contribution in [1.82, 2.24) is 5.32 Å². The van der Waals surface area contributed by atoms with E-state index in [9.17, 15) is 4.79 Å². The van der Waals surface area contributed by atoms with Gasteiger partial charge in [0.1, 0.15) is 0 Å². The second-order valence-corrected chi connectivity index (χ2v) is 4.93. The van der Waals surface area contributed by atoms with E-state index in [0.717, 1.165) is 12.8 Å². The molecule has 1 amide bonds. The normalized spacial score (nSPS) is 15.1. The van der Waals surface area contributed by atoms with Crippen molar-refractivity contribution in [3.8, 4) is 0 Å². The van der Waals surface area contributed by atoms with Gasteiger partial charge in [-0.05, 0) is 31.6 Å². The number of amides is 1. The van der Waals surface area contributed by atoms with Crippen LogP contribution in [0.3, 0.4) is 0 Å². The Morgan fingerprint density at radius 1 is 1.27 bits per heavy atom. The minimum Gasteiger partial charge on any atom is -0.393 e. The molecule has 0 aromatic carbocycles. The maximum absolute atomic E-state index is 11.4. The summed E-state index contributed by atoms with van der Waals surface area (Å²) in [5, 5.41) is 12.0. The van der Waals surface area contributed by atoms with Crippen LogP contribution < -0.4 is 5.32 Å². The second kappa shape index (κ2) is 7.69. The fraction of sp³-hybridized carbons (Fsp3) is 0.917. The minimum atomic E-state index is -0.285. The molecule has 0 heterocycles. The minimum absolute atomic E-state index is 0.126. The lowest BCUT2D eigenvalue weighted by Gasteiger charge is -2.14. The zero-order valence-corrected chi connectivity index (χ0v) is 10.4. The Labute approximate surface area is 93.3 Å².